The lowest BCUT2D eigenvalue weighted by molar-refractivity contribution is -0.119. The Bertz CT molecular complexity index is 908. The van der Waals surface area contributed by atoms with Crippen molar-refractivity contribution in [1.29, 1.82) is 0 Å². The zero-order valence-corrected chi connectivity index (χ0v) is 15.7. The maximum atomic E-state index is 13.1. The van der Waals surface area contributed by atoms with Gasteiger partial charge < -0.3 is 10.1 Å². The Morgan fingerprint density at radius 2 is 1.92 bits per heavy atom. The van der Waals surface area contributed by atoms with E-state index in [1.165, 1.54) is 11.4 Å². The summed E-state index contributed by atoms with van der Waals surface area (Å²) in [6.07, 6.45) is 1.56. The minimum absolute atomic E-state index is 0.0531. The molecule has 0 saturated heterocycles. The first-order valence-corrected chi connectivity index (χ1v) is 9.87. The van der Waals surface area contributed by atoms with Crippen molar-refractivity contribution >= 4 is 27.3 Å². The molecule has 0 atom stereocenters. The average Bonchev–Trinajstić information content (AvgIpc) is 2.61. The lowest BCUT2D eigenvalue weighted by atomic mass is 10.0. The number of carbonyl (C=O) groups excluding carboxylic acids is 1. The smallest absolute Gasteiger partial charge is 0.264 e. The van der Waals surface area contributed by atoms with Gasteiger partial charge in [-0.2, -0.15) is 0 Å². The molecule has 6 nitrogen and oxygen atoms in total. The van der Waals surface area contributed by atoms with E-state index in [9.17, 15) is 13.2 Å². The highest BCUT2D eigenvalue weighted by Crippen LogP contribution is 2.34. The van der Waals surface area contributed by atoms with Crippen LogP contribution in [0.4, 0.5) is 11.4 Å². The number of ether oxygens (including phenoxy) is 1. The number of rotatable bonds is 5. The summed E-state index contributed by atoms with van der Waals surface area (Å²) in [6.45, 7) is 2.28. The van der Waals surface area contributed by atoms with Crippen LogP contribution < -0.4 is 9.62 Å². The van der Waals surface area contributed by atoms with Gasteiger partial charge in [0.2, 0.25) is 5.91 Å². The summed E-state index contributed by atoms with van der Waals surface area (Å²) in [5.74, 6) is -0.281. The maximum Gasteiger partial charge on any atom is 0.264 e. The van der Waals surface area contributed by atoms with Crippen LogP contribution in [0.25, 0.3) is 0 Å². The molecule has 1 amide bonds. The number of hydrogen-bond donors (Lipinski definition) is 1. The third-order valence-electron chi connectivity index (χ3n) is 4.33. The molecule has 2 aromatic rings. The molecule has 0 saturated carbocycles. The van der Waals surface area contributed by atoms with E-state index in [0.717, 1.165) is 24.0 Å². The van der Waals surface area contributed by atoms with E-state index in [4.69, 9.17) is 4.74 Å². The topological polar surface area (TPSA) is 75.7 Å². The van der Waals surface area contributed by atoms with Gasteiger partial charge in [-0.15, -0.1) is 0 Å². The number of anilines is 2. The summed E-state index contributed by atoms with van der Waals surface area (Å²) in [6, 6.07) is 12.2. The molecule has 1 aliphatic heterocycles. The largest absolute Gasteiger partial charge is 0.375 e. The van der Waals surface area contributed by atoms with Crippen molar-refractivity contribution in [2.75, 3.05) is 29.9 Å². The van der Waals surface area contributed by atoms with Gasteiger partial charge in [-0.1, -0.05) is 23.8 Å². The van der Waals surface area contributed by atoms with E-state index in [1.54, 1.807) is 36.4 Å². The fraction of sp³-hybridized carbons (Fsp3) is 0.316. The molecule has 1 heterocycles. The lowest BCUT2D eigenvalue weighted by Gasteiger charge is -2.31. The molecule has 1 N–H and O–H groups in total. The highest BCUT2D eigenvalue weighted by molar-refractivity contribution is 7.92. The van der Waals surface area contributed by atoms with Crippen molar-refractivity contribution in [3.05, 3.63) is 53.6 Å². The van der Waals surface area contributed by atoms with E-state index in [0.29, 0.717) is 17.9 Å². The second-order valence-electron chi connectivity index (χ2n) is 6.32. The number of sulfonamides is 1. The van der Waals surface area contributed by atoms with E-state index < -0.39 is 10.0 Å². The van der Waals surface area contributed by atoms with Gasteiger partial charge in [0.1, 0.15) is 6.61 Å². The molecule has 0 bridgehead atoms. The van der Waals surface area contributed by atoms with Gasteiger partial charge in [-0.3, -0.25) is 9.10 Å². The summed E-state index contributed by atoms with van der Waals surface area (Å²) >= 11 is 0. The molecule has 2 aromatic carbocycles. The Labute approximate surface area is 153 Å². The first kappa shape index (κ1) is 18.4. The number of hydrogen-bond acceptors (Lipinski definition) is 4. The van der Waals surface area contributed by atoms with Crippen LogP contribution in [0.1, 0.15) is 17.5 Å². The van der Waals surface area contributed by atoms with Gasteiger partial charge in [0.25, 0.3) is 10.0 Å². The van der Waals surface area contributed by atoms with Crippen LogP contribution in [-0.2, 0) is 26.0 Å². The quantitative estimate of drug-likeness (QED) is 0.873. The molecule has 0 radical (unpaired) electrons. The van der Waals surface area contributed by atoms with Crippen molar-refractivity contribution < 1.29 is 17.9 Å². The van der Waals surface area contributed by atoms with Crippen LogP contribution in [0.3, 0.4) is 0 Å². The number of benzene rings is 2. The molecule has 26 heavy (non-hydrogen) atoms. The standard InChI is InChI=1S/C19H22N2O4S/c1-14-5-9-17(10-6-14)26(23,24)21-11-3-4-15-7-8-16(12-18(15)21)20-19(22)13-25-2/h5-10,12H,3-4,11,13H2,1-2H3,(H,20,22). The Morgan fingerprint density at radius 3 is 2.62 bits per heavy atom. The van der Waals surface area contributed by atoms with E-state index >= 15 is 0 Å². The summed E-state index contributed by atoms with van der Waals surface area (Å²) in [5, 5.41) is 2.73. The van der Waals surface area contributed by atoms with Gasteiger partial charge in [0, 0.05) is 19.3 Å². The number of carbonyl (C=O) groups is 1. The fourth-order valence-electron chi connectivity index (χ4n) is 3.03. The fourth-order valence-corrected chi connectivity index (χ4v) is 4.57. The van der Waals surface area contributed by atoms with Crippen molar-refractivity contribution in [3.63, 3.8) is 0 Å². The molecule has 138 valence electrons. The van der Waals surface area contributed by atoms with Crippen LogP contribution in [0, 0.1) is 6.92 Å². The molecule has 0 spiro atoms. The molecule has 1 aliphatic rings. The molecular formula is C19H22N2O4S. The number of nitrogens with zero attached hydrogens (tertiary/aromatic N) is 1. The molecule has 7 heteroatoms. The molecule has 3 rings (SSSR count). The summed E-state index contributed by atoms with van der Waals surface area (Å²) in [7, 11) is -2.20. The molecule has 0 unspecified atom stereocenters. The van der Waals surface area contributed by atoms with E-state index in [1.807, 2.05) is 13.0 Å². The SMILES string of the molecule is COCC(=O)Nc1ccc2c(c1)N(S(=O)(=O)c1ccc(C)cc1)CCC2. The Hall–Kier alpha value is -2.38. The van der Waals surface area contributed by atoms with Gasteiger partial charge in [0.15, 0.2) is 0 Å². The zero-order chi connectivity index (χ0) is 18.7. The van der Waals surface area contributed by atoms with Crippen LogP contribution >= 0.6 is 0 Å². The third-order valence-corrected chi connectivity index (χ3v) is 6.16. The third kappa shape index (κ3) is 3.73. The zero-order valence-electron chi connectivity index (χ0n) is 14.9. The minimum Gasteiger partial charge on any atom is -0.375 e. The Morgan fingerprint density at radius 1 is 1.19 bits per heavy atom. The Kier molecular flexibility index (Phi) is 5.29. The first-order valence-electron chi connectivity index (χ1n) is 8.43. The monoisotopic (exact) mass is 374 g/mol. The van der Waals surface area contributed by atoms with Crippen LogP contribution in [0.15, 0.2) is 47.4 Å². The van der Waals surface area contributed by atoms with Crippen molar-refractivity contribution in [1.82, 2.24) is 0 Å². The van der Waals surface area contributed by atoms with E-state index in [2.05, 4.69) is 5.32 Å². The first-order chi connectivity index (χ1) is 12.4. The minimum atomic E-state index is -3.65. The molecule has 0 aliphatic carbocycles. The van der Waals surface area contributed by atoms with Gasteiger partial charge in [-0.25, -0.2) is 8.42 Å². The van der Waals surface area contributed by atoms with Crippen LogP contribution in [-0.4, -0.2) is 34.6 Å². The van der Waals surface area contributed by atoms with E-state index in [-0.39, 0.29) is 17.4 Å². The number of aryl methyl sites for hydroxylation is 2. The van der Waals surface area contributed by atoms with Crippen molar-refractivity contribution in [3.8, 4) is 0 Å². The molecule has 0 fully saturated rings. The summed E-state index contributed by atoms with van der Waals surface area (Å²) in [5.41, 5.74) is 3.13. The predicted molar refractivity (Wildman–Crippen MR) is 101 cm³/mol. The second kappa shape index (κ2) is 7.47. The van der Waals surface area contributed by atoms with Gasteiger partial charge in [-0.05, 0) is 49.6 Å². The molecular weight excluding hydrogens is 352 g/mol. The van der Waals surface area contributed by atoms with Crippen molar-refractivity contribution in [2.45, 2.75) is 24.7 Å². The highest BCUT2D eigenvalue weighted by atomic mass is 32.2. The number of fused-ring (bicyclic) bond motifs is 1. The van der Waals surface area contributed by atoms with Crippen LogP contribution in [0.2, 0.25) is 0 Å². The van der Waals surface area contributed by atoms with Gasteiger partial charge in [0.05, 0.1) is 10.6 Å². The van der Waals surface area contributed by atoms with Crippen molar-refractivity contribution in [2.24, 2.45) is 0 Å². The Balaban J connectivity index is 1.96. The second-order valence-corrected chi connectivity index (χ2v) is 8.18. The summed E-state index contributed by atoms with van der Waals surface area (Å²) < 4.78 is 32.5. The molecule has 0 aromatic heterocycles. The maximum absolute atomic E-state index is 13.1. The predicted octanol–water partition coefficient (Wildman–Crippen LogP) is 2.72. The highest BCUT2D eigenvalue weighted by Gasteiger charge is 2.29. The van der Waals surface area contributed by atoms with Gasteiger partial charge >= 0.3 is 0 Å². The number of nitrogens with one attached hydrogen (secondary N) is 1. The lowest BCUT2D eigenvalue weighted by Crippen LogP contribution is -2.35. The number of methoxy groups -OCH3 is 1. The summed E-state index contributed by atoms with van der Waals surface area (Å²) in [4.78, 5) is 12.0. The average molecular weight is 374 g/mol. The number of amides is 1. The normalized spacial score (nSPS) is 14.0. The van der Waals surface area contributed by atoms with Crippen LogP contribution in [0.5, 0.6) is 0 Å².